The van der Waals surface area contributed by atoms with Gasteiger partial charge in [-0.1, -0.05) is 0 Å². The van der Waals surface area contributed by atoms with Crippen LogP contribution < -0.4 is 0 Å². The van der Waals surface area contributed by atoms with Gasteiger partial charge >= 0.3 is 0 Å². The average molecular weight is 309 g/mol. The molecule has 1 aliphatic heterocycles. The molecule has 3 rings (SSSR count). The van der Waals surface area contributed by atoms with Crippen molar-refractivity contribution in [1.29, 1.82) is 0 Å². The molecule has 0 spiro atoms. The van der Waals surface area contributed by atoms with Gasteiger partial charge in [0.15, 0.2) is 0 Å². The molecule has 0 aromatic carbocycles. The summed E-state index contributed by atoms with van der Waals surface area (Å²) in [5.74, 6) is 0. The van der Waals surface area contributed by atoms with Gasteiger partial charge < -0.3 is 10.0 Å². The van der Waals surface area contributed by atoms with Crippen molar-refractivity contribution in [2.45, 2.75) is 51.1 Å². The molecule has 1 aromatic heterocycles. The van der Waals surface area contributed by atoms with E-state index in [1.807, 2.05) is 11.3 Å². The molecule has 0 atom stereocenters. The van der Waals surface area contributed by atoms with Crippen LogP contribution >= 0.6 is 11.3 Å². The van der Waals surface area contributed by atoms with Gasteiger partial charge in [-0.15, -0.1) is 11.3 Å². The SMILES string of the molecule is CN(CCCO)C1CCN(Cc2nc3c(s2)CCC3)CC1. The summed E-state index contributed by atoms with van der Waals surface area (Å²) in [6, 6.07) is 0.689. The number of nitrogens with zero attached hydrogens (tertiary/aromatic N) is 3. The van der Waals surface area contributed by atoms with Crippen LogP contribution in [-0.2, 0) is 19.4 Å². The minimum Gasteiger partial charge on any atom is -0.396 e. The number of fused-ring (bicyclic) bond motifs is 1. The molecule has 1 N–H and O–H groups in total. The second kappa shape index (κ2) is 7.18. The number of thiazole rings is 1. The molecule has 2 heterocycles. The van der Waals surface area contributed by atoms with Crippen molar-refractivity contribution >= 4 is 11.3 Å². The van der Waals surface area contributed by atoms with Gasteiger partial charge in [0.2, 0.25) is 0 Å². The number of rotatable bonds is 6. The van der Waals surface area contributed by atoms with E-state index < -0.39 is 0 Å². The molecule has 1 aromatic rings. The fraction of sp³-hybridized carbons (Fsp3) is 0.812. The Kier molecular flexibility index (Phi) is 5.27. The van der Waals surface area contributed by atoms with Gasteiger partial charge in [0, 0.05) is 37.2 Å². The summed E-state index contributed by atoms with van der Waals surface area (Å²) in [4.78, 5) is 11.3. The lowest BCUT2D eigenvalue weighted by atomic mass is 10.0. The maximum atomic E-state index is 8.93. The number of aromatic nitrogens is 1. The van der Waals surface area contributed by atoms with Crippen LogP contribution in [0.4, 0.5) is 0 Å². The van der Waals surface area contributed by atoms with E-state index >= 15 is 0 Å². The largest absolute Gasteiger partial charge is 0.396 e. The van der Waals surface area contributed by atoms with Crippen LogP contribution in [0.5, 0.6) is 0 Å². The third-order valence-electron chi connectivity index (χ3n) is 4.85. The zero-order valence-corrected chi connectivity index (χ0v) is 13.9. The smallest absolute Gasteiger partial charge is 0.107 e. The van der Waals surface area contributed by atoms with Gasteiger partial charge in [0.1, 0.15) is 5.01 Å². The maximum Gasteiger partial charge on any atom is 0.107 e. The van der Waals surface area contributed by atoms with E-state index in [-0.39, 0.29) is 0 Å². The maximum absolute atomic E-state index is 8.93. The van der Waals surface area contributed by atoms with Crippen molar-refractivity contribution in [1.82, 2.24) is 14.8 Å². The summed E-state index contributed by atoms with van der Waals surface area (Å²) >= 11 is 1.94. The first kappa shape index (κ1) is 15.4. The van der Waals surface area contributed by atoms with Gasteiger partial charge in [-0.25, -0.2) is 4.98 Å². The van der Waals surface area contributed by atoms with Crippen LogP contribution in [0.25, 0.3) is 0 Å². The molecule has 5 heteroatoms. The van der Waals surface area contributed by atoms with E-state index in [9.17, 15) is 0 Å². The number of piperidine rings is 1. The van der Waals surface area contributed by atoms with Crippen molar-refractivity contribution in [3.05, 3.63) is 15.6 Å². The van der Waals surface area contributed by atoms with Gasteiger partial charge in [-0.05, 0) is 45.6 Å². The summed E-state index contributed by atoms with van der Waals surface area (Å²) < 4.78 is 0. The molecular formula is C16H27N3OS. The number of likely N-dealkylation sites (tertiary alicyclic amines) is 1. The highest BCUT2D eigenvalue weighted by Gasteiger charge is 2.24. The first-order valence-electron chi connectivity index (χ1n) is 8.27. The van der Waals surface area contributed by atoms with Crippen LogP contribution in [0.2, 0.25) is 0 Å². The standard InChI is InChI=1S/C16H27N3OS/c1-18(8-3-11-20)13-6-9-19(10-7-13)12-16-17-14-4-2-5-15(14)21-16/h13,20H,2-12H2,1H3. The first-order chi connectivity index (χ1) is 10.3. The first-order valence-corrected chi connectivity index (χ1v) is 9.09. The summed E-state index contributed by atoms with van der Waals surface area (Å²) in [7, 11) is 2.20. The quantitative estimate of drug-likeness (QED) is 0.871. The molecule has 1 saturated heterocycles. The van der Waals surface area contributed by atoms with E-state index in [1.54, 1.807) is 4.88 Å². The minimum atomic E-state index is 0.303. The van der Waals surface area contributed by atoms with Crippen molar-refractivity contribution in [3.8, 4) is 0 Å². The molecular weight excluding hydrogens is 282 g/mol. The summed E-state index contributed by atoms with van der Waals surface area (Å²) in [5, 5.41) is 10.3. The van der Waals surface area contributed by atoms with Gasteiger partial charge in [-0.3, -0.25) is 4.90 Å². The molecule has 0 bridgehead atoms. The normalized spacial score (nSPS) is 20.3. The number of hydrogen-bond acceptors (Lipinski definition) is 5. The van der Waals surface area contributed by atoms with Crippen molar-refractivity contribution in [2.24, 2.45) is 0 Å². The Balaban J connectivity index is 1.45. The van der Waals surface area contributed by atoms with E-state index in [0.29, 0.717) is 12.6 Å². The molecule has 21 heavy (non-hydrogen) atoms. The molecule has 1 fully saturated rings. The number of aliphatic hydroxyl groups is 1. The Morgan fingerprint density at radius 3 is 2.86 bits per heavy atom. The zero-order valence-electron chi connectivity index (χ0n) is 13.1. The number of aryl methyl sites for hydroxylation is 2. The highest BCUT2D eigenvalue weighted by atomic mass is 32.1. The van der Waals surface area contributed by atoms with Crippen LogP contribution in [0.3, 0.4) is 0 Å². The third kappa shape index (κ3) is 3.83. The van der Waals surface area contributed by atoms with E-state index in [1.165, 1.54) is 55.9 Å². The van der Waals surface area contributed by atoms with Crippen LogP contribution in [0, 0.1) is 0 Å². The lowest BCUT2D eigenvalue weighted by Crippen LogP contribution is -2.43. The predicted molar refractivity (Wildman–Crippen MR) is 86.8 cm³/mol. The lowest BCUT2D eigenvalue weighted by molar-refractivity contribution is 0.117. The van der Waals surface area contributed by atoms with Crippen LogP contribution in [-0.4, -0.2) is 59.2 Å². The Bertz CT molecular complexity index is 433. The highest BCUT2D eigenvalue weighted by Crippen LogP contribution is 2.28. The predicted octanol–water partition coefficient (Wildman–Crippen LogP) is 1.91. The van der Waals surface area contributed by atoms with E-state index in [4.69, 9.17) is 10.1 Å². The fourth-order valence-corrected chi connectivity index (χ4v) is 4.72. The third-order valence-corrected chi connectivity index (χ3v) is 5.99. The Morgan fingerprint density at radius 1 is 1.33 bits per heavy atom. The van der Waals surface area contributed by atoms with E-state index in [2.05, 4.69) is 16.8 Å². The molecule has 0 radical (unpaired) electrons. The van der Waals surface area contributed by atoms with Crippen LogP contribution in [0.15, 0.2) is 0 Å². The summed E-state index contributed by atoms with van der Waals surface area (Å²) in [5.41, 5.74) is 1.38. The van der Waals surface area contributed by atoms with Gasteiger partial charge in [0.25, 0.3) is 0 Å². The fourth-order valence-electron chi connectivity index (χ4n) is 3.52. The van der Waals surface area contributed by atoms with Gasteiger partial charge in [0.05, 0.1) is 12.2 Å². The summed E-state index contributed by atoms with van der Waals surface area (Å²) in [6.07, 6.45) is 7.13. The second-order valence-electron chi connectivity index (χ2n) is 6.40. The minimum absolute atomic E-state index is 0.303. The monoisotopic (exact) mass is 309 g/mol. The molecule has 2 aliphatic rings. The van der Waals surface area contributed by atoms with Crippen LogP contribution in [0.1, 0.15) is 41.3 Å². The Labute approximate surface area is 131 Å². The highest BCUT2D eigenvalue weighted by molar-refractivity contribution is 7.11. The van der Waals surface area contributed by atoms with Crippen molar-refractivity contribution in [2.75, 3.05) is 33.3 Å². The molecule has 0 saturated carbocycles. The lowest BCUT2D eigenvalue weighted by Gasteiger charge is -2.36. The van der Waals surface area contributed by atoms with E-state index in [0.717, 1.165) is 19.5 Å². The molecule has 4 nitrogen and oxygen atoms in total. The molecule has 1 aliphatic carbocycles. The molecule has 118 valence electrons. The van der Waals surface area contributed by atoms with Crippen molar-refractivity contribution in [3.63, 3.8) is 0 Å². The molecule has 0 amide bonds. The number of aliphatic hydroxyl groups excluding tert-OH is 1. The summed E-state index contributed by atoms with van der Waals surface area (Å²) in [6.45, 7) is 4.72. The second-order valence-corrected chi connectivity index (χ2v) is 7.56. The average Bonchev–Trinajstić information content (AvgIpc) is 3.06. The Hall–Kier alpha value is -0.490. The number of hydrogen-bond donors (Lipinski definition) is 1. The zero-order chi connectivity index (χ0) is 14.7. The van der Waals surface area contributed by atoms with Crippen molar-refractivity contribution < 1.29 is 5.11 Å². The van der Waals surface area contributed by atoms with Gasteiger partial charge in [-0.2, -0.15) is 0 Å². The molecule has 0 unspecified atom stereocenters. The topological polar surface area (TPSA) is 39.6 Å². The Morgan fingerprint density at radius 2 is 2.14 bits per heavy atom.